The number of hydrogen-bond acceptors (Lipinski definition) is 3. The standard InChI is InChI=1S/C14H22N2O/c1-13(2,3)8-10-7-11(16-9-15-10)12(17)14(4,5)6/h7,9H,8H2,1-6H3. The van der Waals surface area contributed by atoms with Crippen molar-refractivity contribution in [1.29, 1.82) is 0 Å². The summed E-state index contributed by atoms with van der Waals surface area (Å²) >= 11 is 0. The van der Waals surface area contributed by atoms with E-state index in [0.717, 1.165) is 12.1 Å². The van der Waals surface area contributed by atoms with Crippen LogP contribution in [-0.4, -0.2) is 15.8 Å². The lowest BCUT2D eigenvalue weighted by Gasteiger charge is -2.19. The highest BCUT2D eigenvalue weighted by molar-refractivity contribution is 5.98. The van der Waals surface area contributed by atoms with Crippen LogP contribution in [0.4, 0.5) is 0 Å². The van der Waals surface area contributed by atoms with Gasteiger partial charge in [0.05, 0.1) is 0 Å². The zero-order chi connectivity index (χ0) is 13.3. The third kappa shape index (κ3) is 4.25. The highest BCUT2D eigenvalue weighted by Crippen LogP contribution is 2.22. The molecule has 0 aliphatic heterocycles. The first-order valence-corrected chi connectivity index (χ1v) is 5.95. The highest BCUT2D eigenvalue weighted by Gasteiger charge is 2.24. The second-order valence-electron chi connectivity index (χ2n) is 6.71. The number of nitrogens with zero attached hydrogens (tertiary/aromatic N) is 2. The molecule has 0 saturated carbocycles. The Hall–Kier alpha value is -1.25. The molecule has 3 nitrogen and oxygen atoms in total. The van der Waals surface area contributed by atoms with Gasteiger partial charge >= 0.3 is 0 Å². The molecule has 0 bridgehead atoms. The molecule has 0 fully saturated rings. The van der Waals surface area contributed by atoms with Gasteiger partial charge in [0.1, 0.15) is 12.0 Å². The van der Waals surface area contributed by atoms with Crippen molar-refractivity contribution in [3.05, 3.63) is 23.8 Å². The topological polar surface area (TPSA) is 42.9 Å². The molecule has 94 valence electrons. The molecule has 0 aliphatic rings. The van der Waals surface area contributed by atoms with Crippen LogP contribution in [-0.2, 0) is 6.42 Å². The summed E-state index contributed by atoms with van der Waals surface area (Å²) < 4.78 is 0. The first-order chi connectivity index (χ1) is 7.59. The Morgan fingerprint density at radius 2 is 1.71 bits per heavy atom. The summed E-state index contributed by atoms with van der Waals surface area (Å²) in [6, 6.07) is 1.82. The number of carbonyl (C=O) groups is 1. The summed E-state index contributed by atoms with van der Waals surface area (Å²) in [5, 5.41) is 0. The zero-order valence-electron chi connectivity index (χ0n) is 11.7. The molecule has 1 rings (SSSR count). The smallest absolute Gasteiger partial charge is 0.186 e. The minimum Gasteiger partial charge on any atom is -0.292 e. The van der Waals surface area contributed by atoms with Crippen LogP contribution in [0.15, 0.2) is 12.4 Å². The van der Waals surface area contributed by atoms with Gasteiger partial charge in [-0.15, -0.1) is 0 Å². The van der Waals surface area contributed by atoms with Crippen molar-refractivity contribution in [3.63, 3.8) is 0 Å². The SMILES string of the molecule is CC(C)(C)Cc1cc(C(=O)C(C)(C)C)ncn1. The van der Waals surface area contributed by atoms with Crippen LogP contribution in [0.25, 0.3) is 0 Å². The number of ketones is 1. The lowest BCUT2D eigenvalue weighted by atomic mass is 9.87. The quantitative estimate of drug-likeness (QED) is 0.737. The maximum Gasteiger partial charge on any atom is 0.186 e. The fraction of sp³-hybridized carbons (Fsp3) is 0.643. The number of aromatic nitrogens is 2. The molecule has 0 spiro atoms. The summed E-state index contributed by atoms with van der Waals surface area (Å²) in [4.78, 5) is 20.4. The predicted octanol–water partition coefficient (Wildman–Crippen LogP) is 3.29. The van der Waals surface area contributed by atoms with Crippen LogP contribution in [0.1, 0.15) is 57.7 Å². The van der Waals surface area contributed by atoms with Crippen molar-refractivity contribution in [3.8, 4) is 0 Å². The summed E-state index contributed by atoms with van der Waals surface area (Å²) in [5.74, 6) is 0.0649. The van der Waals surface area contributed by atoms with Crippen molar-refractivity contribution in [2.75, 3.05) is 0 Å². The van der Waals surface area contributed by atoms with E-state index < -0.39 is 5.41 Å². The van der Waals surface area contributed by atoms with Crippen molar-refractivity contribution >= 4 is 5.78 Å². The van der Waals surface area contributed by atoms with Gasteiger partial charge in [-0.1, -0.05) is 41.5 Å². The Morgan fingerprint density at radius 1 is 1.12 bits per heavy atom. The molecule has 0 radical (unpaired) electrons. The van der Waals surface area contributed by atoms with Gasteiger partial charge in [-0.05, 0) is 17.9 Å². The Kier molecular flexibility index (Phi) is 3.70. The Morgan fingerprint density at radius 3 is 2.18 bits per heavy atom. The highest BCUT2D eigenvalue weighted by atomic mass is 16.1. The lowest BCUT2D eigenvalue weighted by Crippen LogP contribution is -2.22. The summed E-state index contributed by atoms with van der Waals surface area (Å²) in [6.45, 7) is 12.2. The first kappa shape index (κ1) is 13.8. The van der Waals surface area contributed by atoms with Crippen molar-refractivity contribution in [2.45, 2.75) is 48.0 Å². The maximum absolute atomic E-state index is 12.1. The normalized spacial score (nSPS) is 12.6. The fourth-order valence-corrected chi connectivity index (χ4v) is 1.55. The summed E-state index contributed by atoms with van der Waals surface area (Å²) in [6.07, 6.45) is 2.33. The number of rotatable bonds is 2. The van der Waals surface area contributed by atoms with E-state index in [9.17, 15) is 4.79 Å². The molecule has 0 atom stereocenters. The third-order valence-electron chi connectivity index (χ3n) is 2.35. The van der Waals surface area contributed by atoms with Crippen LogP contribution >= 0.6 is 0 Å². The summed E-state index contributed by atoms with van der Waals surface area (Å²) in [7, 11) is 0. The van der Waals surface area contributed by atoms with Gasteiger partial charge in [0.15, 0.2) is 5.78 Å². The average molecular weight is 234 g/mol. The van der Waals surface area contributed by atoms with Crippen molar-refractivity contribution in [1.82, 2.24) is 9.97 Å². The van der Waals surface area contributed by atoms with Gasteiger partial charge in [0, 0.05) is 11.1 Å². The Labute approximate surface area is 104 Å². The van der Waals surface area contributed by atoms with Gasteiger partial charge < -0.3 is 0 Å². The molecule has 0 amide bonds. The molecular formula is C14H22N2O. The second kappa shape index (κ2) is 4.55. The monoisotopic (exact) mass is 234 g/mol. The van der Waals surface area contributed by atoms with E-state index in [4.69, 9.17) is 0 Å². The number of carbonyl (C=O) groups excluding carboxylic acids is 1. The Balaban J connectivity index is 2.98. The average Bonchev–Trinajstić information content (AvgIpc) is 2.12. The molecule has 0 saturated heterocycles. The molecule has 0 aliphatic carbocycles. The minimum absolute atomic E-state index is 0.0649. The van der Waals surface area contributed by atoms with E-state index in [1.165, 1.54) is 6.33 Å². The molecule has 1 aromatic heterocycles. The summed E-state index contributed by atoms with van der Waals surface area (Å²) in [5.41, 5.74) is 1.22. The molecule has 1 aromatic rings. The van der Waals surface area contributed by atoms with Gasteiger partial charge in [-0.2, -0.15) is 0 Å². The molecule has 17 heavy (non-hydrogen) atoms. The molecule has 0 N–H and O–H groups in total. The van der Waals surface area contributed by atoms with Crippen LogP contribution < -0.4 is 0 Å². The van der Waals surface area contributed by atoms with E-state index in [1.807, 2.05) is 26.8 Å². The maximum atomic E-state index is 12.1. The first-order valence-electron chi connectivity index (χ1n) is 5.95. The van der Waals surface area contributed by atoms with E-state index in [2.05, 4.69) is 30.7 Å². The minimum atomic E-state index is -0.395. The van der Waals surface area contributed by atoms with E-state index in [0.29, 0.717) is 5.69 Å². The largest absolute Gasteiger partial charge is 0.292 e. The second-order valence-corrected chi connectivity index (χ2v) is 6.71. The van der Waals surface area contributed by atoms with Gasteiger partial charge in [-0.3, -0.25) is 4.79 Å². The Bertz CT molecular complexity index is 411. The van der Waals surface area contributed by atoms with Crippen LogP contribution in [0.5, 0.6) is 0 Å². The van der Waals surface area contributed by atoms with Crippen LogP contribution in [0, 0.1) is 10.8 Å². The van der Waals surface area contributed by atoms with Gasteiger partial charge in [0.2, 0.25) is 0 Å². The molecule has 3 heteroatoms. The van der Waals surface area contributed by atoms with E-state index in [-0.39, 0.29) is 11.2 Å². The van der Waals surface area contributed by atoms with Crippen LogP contribution in [0.2, 0.25) is 0 Å². The number of hydrogen-bond donors (Lipinski definition) is 0. The zero-order valence-corrected chi connectivity index (χ0v) is 11.7. The molecule has 0 unspecified atom stereocenters. The lowest BCUT2D eigenvalue weighted by molar-refractivity contribution is 0.0852. The fourth-order valence-electron chi connectivity index (χ4n) is 1.55. The van der Waals surface area contributed by atoms with Crippen molar-refractivity contribution < 1.29 is 4.79 Å². The van der Waals surface area contributed by atoms with E-state index >= 15 is 0 Å². The van der Waals surface area contributed by atoms with Crippen molar-refractivity contribution in [2.24, 2.45) is 10.8 Å². The molecule has 1 heterocycles. The predicted molar refractivity (Wildman–Crippen MR) is 69.0 cm³/mol. The number of Topliss-reactive ketones (excluding diaryl/α,β-unsaturated/α-hetero) is 1. The molecule has 0 aromatic carbocycles. The molecular weight excluding hydrogens is 212 g/mol. The van der Waals surface area contributed by atoms with Gasteiger partial charge in [-0.25, -0.2) is 9.97 Å². The van der Waals surface area contributed by atoms with Gasteiger partial charge in [0.25, 0.3) is 0 Å². The van der Waals surface area contributed by atoms with E-state index in [1.54, 1.807) is 0 Å². The van der Waals surface area contributed by atoms with Crippen LogP contribution in [0.3, 0.4) is 0 Å². The third-order valence-corrected chi connectivity index (χ3v) is 2.35.